The van der Waals surface area contributed by atoms with Crippen LogP contribution in [-0.2, 0) is 0 Å². The highest BCUT2D eigenvalue weighted by Crippen LogP contribution is 2.25. The topological polar surface area (TPSA) is 54.0 Å². The molecule has 1 aliphatic heterocycles. The molecule has 1 aromatic heterocycles. The minimum absolute atomic E-state index is 0.0883. The first-order valence-electron chi connectivity index (χ1n) is 5.84. The molecule has 2 rings (SSSR count). The van der Waals surface area contributed by atoms with Crippen molar-refractivity contribution in [1.29, 1.82) is 0 Å². The minimum atomic E-state index is -0.0883. The highest BCUT2D eigenvalue weighted by atomic mass is 32.2. The lowest BCUT2D eigenvalue weighted by Crippen LogP contribution is -2.30. The maximum atomic E-state index is 11.9. The normalized spacial score (nSPS) is 19.0. The molecule has 1 unspecified atom stereocenters. The predicted molar refractivity (Wildman–Crippen MR) is 71.6 cm³/mol. The van der Waals surface area contributed by atoms with Crippen LogP contribution in [0, 0.1) is 0 Å². The Morgan fingerprint density at radius 2 is 2.47 bits per heavy atom. The standard InChI is InChI=1S/C12H17N3OS/c1-13-11-6-2-5-10(15-11)12(16)14-8-9-4-3-7-17-9/h2,5-6,9H,3-4,7-8H2,1H3,(H,13,15)(H,14,16). The second-order valence-corrected chi connectivity index (χ2v) is 5.41. The number of pyridine rings is 1. The van der Waals surface area contributed by atoms with Gasteiger partial charge in [-0.05, 0) is 30.7 Å². The number of carbonyl (C=O) groups excluding carboxylic acids is 1. The Kier molecular flexibility index (Phi) is 4.25. The van der Waals surface area contributed by atoms with E-state index >= 15 is 0 Å². The van der Waals surface area contributed by atoms with Gasteiger partial charge < -0.3 is 10.6 Å². The van der Waals surface area contributed by atoms with Crippen molar-refractivity contribution in [3.63, 3.8) is 0 Å². The van der Waals surface area contributed by atoms with Crippen LogP contribution >= 0.6 is 11.8 Å². The number of aromatic nitrogens is 1. The number of hydrogen-bond acceptors (Lipinski definition) is 4. The number of hydrogen-bond donors (Lipinski definition) is 2. The summed E-state index contributed by atoms with van der Waals surface area (Å²) >= 11 is 1.94. The maximum Gasteiger partial charge on any atom is 0.270 e. The molecule has 5 heteroatoms. The molecule has 2 N–H and O–H groups in total. The third-order valence-electron chi connectivity index (χ3n) is 2.75. The Hall–Kier alpha value is -1.23. The molecule has 0 aliphatic carbocycles. The summed E-state index contributed by atoms with van der Waals surface area (Å²) in [6.45, 7) is 0.745. The summed E-state index contributed by atoms with van der Waals surface area (Å²) in [4.78, 5) is 16.1. The van der Waals surface area contributed by atoms with E-state index in [1.807, 2.05) is 23.9 Å². The summed E-state index contributed by atoms with van der Waals surface area (Å²) in [5.41, 5.74) is 0.472. The zero-order valence-electron chi connectivity index (χ0n) is 9.90. The van der Waals surface area contributed by atoms with Gasteiger partial charge in [0.1, 0.15) is 11.5 Å². The number of thioether (sulfide) groups is 1. The number of amides is 1. The molecular weight excluding hydrogens is 234 g/mol. The van der Waals surface area contributed by atoms with Gasteiger partial charge in [-0.1, -0.05) is 6.07 Å². The second-order valence-electron chi connectivity index (χ2n) is 4.00. The number of rotatable bonds is 4. The summed E-state index contributed by atoms with van der Waals surface area (Å²) in [7, 11) is 1.79. The van der Waals surface area contributed by atoms with Gasteiger partial charge in [0, 0.05) is 18.8 Å². The largest absolute Gasteiger partial charge is 0.373 e. The third kappa shape index (κ3) is 3.36. The molecule has 0 spiro atoms. The smallest absolute Gasteiger partial charge is 0.270 e. The average Bonchev–Trinajstić information content (AvgIpc) is 2.89. The van der Waals surface area contributed by atoms with Crippen molar-refractivity contribution in [2.24, 2.45) is 0 Å². The van der Waals surface area contributed by atoms with E-state index in [0.717, 1.165) is 6.54 Å². The summed E-state index contributed by atoms with van der Waals surface area (Å²) < 4.78 is 0. The molecule has 0 aromatic carbocycles. The Morgan fingerprint density at radius 1 is 1.59 bits per heavy atom. The van der Waals surface area contributed by atoms with E-state index in [1.165, 1.54) is 18.6 Å². The minimum Gasteiger partial charge on any atom is -0.373 e. The third-order valence-corrected chi connectivity index (χ3v) is 4.15. The molecule has 1 atom stereocenters. The van der Waals surface area contributed by atoms with Gasteiger partial charge in [-0.15, -0.1) is 0 Å². The molecule has 1 amide bonds. The van der Waals surface area contributed by atoms with Crippen molar-refractivity contribution in [3.8, 4) is 0 Å². The molecule has 4 nitrogen and oxygen atoms in total. The van der Waals surface area contributed by atoms with Crippen LogP contribution in [0.1, 0.15) is 23.3 Å². The van der Waals surface area contributed by atoms with Crippen molar-refractivity contribution in [1.82, 2.24) is 10.3 Å². The Bertz CT molecular complexity index is 391. The van der Waals surface area contributed by atoms with E-state index in [1.54, 1.807) is 13.1 Å². The molecule has 1 saturated heterocycles. The van der Waals surface area contributed by atoms with E-state index in [4.69, 9.17) is 0 Å². The number of anilines is 1. The highest BCUT2D eigenvalue weighted by molar-refractivity contribution is 8.00. The quantitative estimate of drug-likeness (QED) is 0.856. The molecule has 1 fully saturated rings. The molecule has 0 saturated carbocycles. The number of nitrogens with zero attached hydrogens (tertiary/aromatic N) is 1. The predicted octanol–water partition coefficient (Wildman–Crippen LogP) is 1.75. The van der Waals surface area contributed by atoms with E-state index < -0.39 is 0 Å². The van der Waals surface area contributed by atoms with Gasteiger partial charge in [0.2, 0.25) is 0 Å². The number of nitrogens with one attached hydrogen (secondary N) is 2. The van der Waals surface area contributed by atoms with Crippen molar-refractivity contribution in [2.45, 2.75) is 18.1 Å². The van der Waals surface area contributed by atoms with E-state index in [9.17, 15) is 4.79 Å². The van der Waals surface area contributed by atoms with Crippen molar-refractivity contribution in [2.75, 3.05) is 24.7 Å². The van der Waals surface area contributed by atoms with Crippen LogP contribution in [0.5, 0.6) is 0 Å². The van der Waals surface area contributed by atoms with Crippen LogP contribution < -0.4 is 10.6 Å². The first-order valence-corrected chi connectivity index (χ1v) is 6.89. The Labute approximate surface area is 106 Å². The van der Waals surface area contributed by atoms with Gasteiger partial charge >= 0.3 is 0 Å². The second kappa shape index (κ2) is 5.91. The van der Waals surface area contributed by atoms with Crippen LogP contribution in [0.2, 0.25) is 0 Å². The van der Waals surface area contributed by atoms with Crippen LogP contribution in [0.4, 0.5) is 5.82 Å². The van der Waals surface area contributed by atoms with Gasteiger partial charge in [-0.3, -0.25) is 4.79 Å². The first kappa shape index (κ1) is 12.2. The Balaban J connectivity index is 1.89. The van der Waals surface area contributed by atoms with Crippen molar-refractivity contribution < 1.29 is 4.79 Å². The van der Waals surface area contributed by atoms with E-state index in [-0.39, 0.29) is 5.91 Å². The zero-order valence-corrected chi connectivity index (χ0v) is 10.7. The fraction of sp³-hybridized carbons (Fsp3) is 0.500. The van der Waals surface area contributed by atoms with Gasteiger partial charge in [0.05, 0.1) is 0 Å². The summed E-state index contributed by atoms with van der Waals surface area (Å²) in [6.07, 6.45) is 2.47. The molecule has 17 heavy (non-hydrogen) atoms. The molecule has 1 aliphatic rings. The molecule has 0 bridgehead atoms. The molecule has 92 valence electrons. The van der Waals surface area contributed by atoms with Crippen LogP contribution in [0.15, 0.2) is 18.2 Å². The van der Waals surface area contributed by atoms with Gasteiger partial charge in [0.15, 0.2) is 0 Å². The van der Waals surface area contributed by atoms with Crippen molar-refractivity contribution in [3.05, 3.63) is 23.9 Å². The SMILES string of the molecule is CNc1cccc(C(=O)NCC2CCCS2)n1. The van der Waals surface area contributed by atoms with Gasteiger partial charge in [0.25, 0.3) is 5.91 Å². The molecule has 1 aromatic rings. The highest BCUT2D eigenvalue weighted by Gasteiger charge is 2.17. The van der Waals surface area contributed by atoms with E-state index in [0.29, 0.717) is 16.8 Å². The fourth-order valence-electron chi connectivity index (χ4n) is 1.80. The summed E-state index contributed by atoms with van der Waals surface area (Å²) in [5.74, 6) is 1.84. The van der Waals surface area contributed by atoms with Crippen LogP contribution in [0.25, 0.3) is 0 Å². The lowest BCUT2D eigenvalue weighted by molar-refractivity contribution is 0.0949. The maximum absolute atomic E-state index is 11.9. The number of carbonyl (C=O) groups is 1. The lowest BCUT2D eigenvalue weighted by Gasteiger charge is -2.10. The van der Waals surface area contributed by atoms with Crippen LogP contribution in [-0.4, -0.2) is 35.5 Å². The van der Waals surface area contributed by atoms with Gasteiger partial charge in [-0.25, -0.2) is 4.98 Å². The fourth-order valence-corrected chi connectivity index (χ4v) is 3.00. The van der Waals surface area contributed by atoms with E-state index in [2.05, 4.69) is 15.6 Å². The molecule has 0 radical (unpaired) electrons. The zero-order chi connectivity index (χ0) is 12.1. The monoisotopic (exact) mass is 251 g/mol. The van der Waals surface area contributed by atoms with Crippen molar-refractivity contribution >= 4 is 23.5 Å². The first-order chi connectivity index (χ1) is 8.29. The Morgan fingerprint density at radius 3 is 3.18 bits per heavy atom. The average molecular weight is 251 g/mol. The molecular formula is C12H17N3OS. The summed E-state index contributed by atoms with van der Waals surface area (Å²) in [5, 5.41) is 6.44. The lowest BCUT2D eigenvalue weighted by atomic mass is 10.2. The summed E-state index contributed by atoms with van der Waals surface area (Å²) in [6, 6.07) is 5.40. The van der Waals surface area contributed by atoms with Crippen LogP contribution in [0.3, 0.4) is 0 Å². The van der Waals surface area contributed by atoms with Gasteiger partial charge in [-0.2, -0.15) is 11.8 Å². The molecule has 2 heterocycles.